The molecule has 0 radical (unpaired) electrons. The van der Waals surface area contributed by atoms with Crippen molar-refractivity contribution in [2.24, 2.45) is 0 Å². The lowest BCUT2D eigenvalue weighted by molar-refractivity contribution is -0.124. The number of aromatic nitrogens is 3. The second-order valence-electron chi connectivity index (χ2n) is 4.34. The first kappa shape index (κ1) is 12.8. The minimum absolute atomic E-state index is 0.0474. The molecular weight excluding hydrogens is 352 g/mol. The van der Waals surface area contributed by atoms with E-state index in [9.17, 15) is 4.79 Å². The molecule has 2 aromatic rings. The zero-order valence-corrected chi connectivity index (χ0v) is 12.6. The van der Waals surface area contributed by atoms with E-state index in [0.29, 0.717) is 5.15 Å². The molecule has 0 saturated heterocycles. The molecule has 0 aromatic carbocycles. The minimum atomic E-state index is -0.688. The van der Waals surface area contributed by atoms with Crippen LogP contribution in [0, 0.1) is 3.70 Å². The van der Waals surface area contributed by atoms with Crippen molar-refractivity contribution >= 4 is 50.9 Å². The number of halogens is 2. The summed E-state index contributed by atoms with van der Waals surface area (Å²) < 4.78 is 2.52. The molecule has 0 saturated carbocycles. The summed E-state index contributed by atoms with van der Waals surface area (Å²) in [5.74, 6) is 0.0474. The summed E-state index contributed by atoms with van der Waals surface area (Å²) in [6, 6.07) is 1.73. The van der Waals surface area contributed by atoms with E-state index in [4.69, 9.17) is 11.6 Å². The maximum atomic E-state index is 11.7. The van der Waals surface area contributed by atoms with E-state index in [-0.39, 0.29) is 5.78 Å². The van der Waals surface area contributed by atoms with Crippen molar-refractivity contribution in [1.29, 1.82) is 0 Å². The third kappa shape index (κ3) is 2.06. The topological polar surface area (TPSA) is 47.8 Å². The molecule has 90 valence electrons. The molecule has 0 atom stereocenters. The van der Waals surface area contributed by atoms with Gasteiger partial charge in [0, 0.05) is 12.3 Å². The summed E-state index contributed by atoms with van der Waals surface area (Å²) in [6.45, 7) is 5.24. The molecule has 0 spiro atoms. The Bertz CT molecular complexity index is 606. The smallest absolute Gasteiger partial charge is 0.156 e. The molecule has 0 aliphatic carbocycles. The van der Waals surface area contributed by atoms with Gasteiger partial charge in [-0.2, -0.15) is 5.10 Å². The maximum absolute atomic E-state index is 11.7. The molecule has 0 unspecified atom stereocenters. The molecule has 0 aliphatic heterocycles. The summed E-state index contributed by atoms with van der Waals surface area (Å²) >= 11 is 8.02. The molecule has 2 aromatic heterocycles. The van der Waals surface area contributed by atoms with Crippen molar-refractivity contribution < 1.29 is 4.79 Å². The number of nitrogens with zero attached hydrogens (tertiary/aromatic N) is 3. The van der Waals surface area contributed by atoms with Crippen LogP contribution in [0.4, 0.5) is 0 Å². The number of rotatable bonds is 2. The minimum Gasteiger partial charge on any atom is -0.297 e. The second kappa shape index (κ2) is 4.20. The van der Waals surface area contributed by atoms with E-state index in [1.165, 1.54) is 0 Å². The number of carbonyl (C=O) groups is 1. The Labute approximate surface area is 117 Å². The highest BCUT2D eigenvalue weighted by Gasteiger charge is 2.29. The lowest BCUT2D eigenvalue weighted by Gasteiger charge is -2.22. The molecule has 0 N–H and O–H groups in total. The van der Waals surface area contributed by atoms with E-state index in [0.717, 1.165) is 14.6 Å². The summed E-state index contributed by atoms with van der Waals surface area (Å²) in [5, 5.41) is 5.71. The van der Waals surface area contributed by atoms with Crippen LogP contribution in [0.2, 0.25) is 5.15 Å². The standard InChI is InChI=1S/C11H11ClIN3O/c1-6(17)11(2,3)16-8-4-9(12)14-5-7(8)10(13)15-16/h4-5H,1-3H3. The van der Waals surface area contributed by atoms with Gasteiger partial charge in [-0.15, -0.1) is 0 Å². The maximum Gasteiger partial charge on any atom is 0.156 e. The van der Waals surface area contributed by atoms with Crippen molar-refractivity contribution in [3.63, 3.8) is 0 Å². The molecule has 0 amide bonds. The average Bonchev–Trinajstić information content (AvgIpc) is 2.56. The molecule has 0 aliphatic rings. The van der Waals surface area contributed by atoms with E-state index in [1.807, 2.05) is 13.8 Å². The van der Waals surface area contributed by atoms with Crippen molar-refractivity contribution in [1.82, 2.24) is 14.8 Å². The van der Waals surface area contributed by atoms with Crippen LogP contribution in [0.3, 0.4) is 0 Å². The van der Waals surface area contributed by atoms with E-state index < -0.39 is 5.54 Å². The highest BCUT2D eigenvalue weighted by molar-refractivity contribution is 14.1. The highest BCUT2D eigenvalue weighted by atomic mass is 127. The Kier molecular flexibility index (Phi) is 3.15. The van der Waals surface area contributed by atoms with Gasteiger partial charge in [0.2, 0.25) is 0 Å². The van der Waals surface area contributed by atoms with Crippen molar-refractivity contribution in [2.45, 2.75) is 26.3 Å². The zero-order chi connectivity index (χ0) is 12.8. The number of carbonyl (C=O) groups excluding carboxylic acids is 1. The van der Waals surface area contributed by atoms with Crippen molar-refractivity contribution in [3.8, 4) is 0 Å². The fourth-order valence-corrected chi connectivity index (χ4v) is 2.31. The average molecular weight is 364 g/mol. The largest absolute Gasteiger partial charge is 0.297 e. The molecule has 4 nitrogen and oxygen atoms in total. The van der Waals surface area contributed by atoms with Crippen LogP contribution in [-0.4, -0.2) is 20.5 Å². The number of fused-ring (bicyclic) bond motifs is 1. The van der Waals surface area contributed by atoms with Gasteiger partial charge in [0.25, 0.3) is 0 Å². The highest BCUT2D eigenvalue weighted by Crippen LogP contribution is 2.27. The number of ketones is 1. The van der Waals surface area contributed by atoms with E-state index in [1.54, 1.807) is 23.9 Å². The first-order valence-corrected chi connectivity index (χ1v) is 6.51. The fourth-order valence-electron chi connectivity index (χ4n) is 1.53. The van der Waals surface area contributed by atoms with Gasteiger partial charge in [0.1, 0.15) is 14.4 Å². The third-order valence-corrected chi connectivity index (χ3v) is 3.88. The van der Waals surface area contributed by atoms with E-state index >= 15 is 0 Å². The Morgan fingerprint density at radius 2 is 2.18 bits per heavy atom. The summed E-state index contributed by atoms with van der Waals surface area (Å²) in [5.41, 5.74) is 0.140. The number of hydrogen-bond acceptors (Lipinski definition) is 3. The van der Waals surface area contributed by atoms with Crippen LogP contribution >= 0.6 is 34.2 Å². The SMILES string of the molecule is CC(=O)C(C)(C)n1nc(I)c2cnc(Cl)cc21. The predicted molar refractivity (Wildman–Crippen MR) is 75.3 cm³/mol. The van der Waals surface area contributed by atoms with Crippen LogP contribution in [0.15, 0.2) is 12.3 Å². The molecule has 17 heavy (non-hydrogen) atoms. The Balaban J connectivity index is 2.79. The van der Waals surface area contributed by atoms with Gasteiger partial charge in [-0.1, -0.05) is 11.6 Å². The van der Waals surface area contributed by atoms with Crippen LogP contribution in [0.1, 0.15) is 20.8 Å². The van der Waals surface area contributed by atoms with Gasteiger partial charge in [0.15, 0.2) is 5.78 Å². The Hall–Kier alpha value is -0.690. The van der Waals surface area contributed by atoms with Gasteiger partial charge in [0.05, 0.1) is 10.9 Å². The van der Waals surface area contributed by atoms with Gasteiger partial charge < -0.3 is 0 Å². The molecular formula is C11H11ClIN3O. The summed E-state index contributed by atoms with van der Waals surface area (Å²) in [7, 11) is 0. The number of hydrogen-bond donors (Lipinski definition) is 0. The molecule has 2 heterocycles. The van der Waals surface area contributed by atoms with Crippen LogP contribution in [-0.2, 0) is 10.3 Å². The normalized spacial score (nSPS) is 12.1. The lowest BCUT2D eigenvalue weighted by atomic mass is 10.0. The van der Waals surface area contributed by atoms with Crippen LogP contribution in [0.5, 0.6) is 0 Å². The second-order valence-corrected chi connectivity index (χ2v) is 5.75. The van der Waals surface area contributed by atoms with Gasteiger partial charge in [-0.3, -0.25) is 9.48 Å². The van der Waals surface area contributed by atoms with Crippen molar-refractivity contribution in [3.05, 3.63) is 21.1 Å². The zero-order valence-electron chi connectivity index (χ0n) is 9.66. The Morgan fingerprint density at radius 3 is 2.76 bits per heavy atom. The lowest BCUT2D eigenvalue weighted by Crippen LogP contribution is -2.34. The molecule has 0 bridgehead atoms. The quantitative estimate of drug-likeness (QED) is 0.609. The number of pyridine rings is 1. The molecule has 6 heteroatoms. The van der Waals surface area contributed by atoms with Gasteiger partial charge in [-0.25, -0.2) is 4.98 Å². The van der Waals surface area contributed by atoms with Gasteiger partial charge in [-0.05, 0) is 43.4 Å². The molecule has 2 rings (SSSR count). The van der Waals surface area contributed by atoms with Crippen molar-refractivity contribution in [2.75, 3.05) is 0 Å². The summed E-state index contributed by atoms with van der Waals surface area (Å²) in [4.78, 5) is 15.7. The third-order valence-electron chi connectivity index (χ3n) is 2.88. The fraction of sp³-hybridized carbons (Fsp3) is 0.364. The monoisotopic (exact) mass is 363 g/mol. The van der Waals surface area contributed by atoms with Crippen LogP contribution in [0.25, 0.3) is 10.9 Å². The summed E-state index contributed by atoms with van der Waals surface area (Å²) in [6.07, 6.45) is 1.68. The van der Waals surface area contributed by atoms with Crippen LogP contribution < -0.4 is 0 Å². The molecule has 0 fully saturated rings. The Morgan fingerprint density at radius 1 is 1.53 bits per heavy atom. The first-order valence-electron chi connectivity index (χ1n) is 5.05. The van der Waals surface area contributed by atoms with E-state index in [2.05, 4.69) is 32.7 Å². The predicted octanol–water partition coefficient (Wildman–Crippen LogP) is 3.01. The number of Topliss-reactive ketones (excluding diaryl/α,β-unsaturated/α-hetero) is 1. The first-order chi connectivity index (χ1) is 7.84. The van der Waals surface area contributed by atoms with Gasteiger partial charge >= 0.3 is 0 Å².